The van der Waals surface area contributed by atoms with E-state index in [1.54, 1.807) is 0 Å². The number of nitrogens with one attached hydrogen (secondary N) is 1. The topological polar surface area (TPSA) is 83.9 Å². The number of carbonyl (C=O) groups is 1. The predicted octanol–water partition coefficient (Wildman–Crippen LogP) is 5.48. The van der Waals surface area contributed by atoms with Crippen LogP contribution in [0, 0.1) is 5.82 Å². The third-order valence-electron chi connectivity index (χ3n) is 7.98. The van der Waals surface area contributed by atoms with Gasteiger partial charge in [0.2, 0.25) is 0 Å². The average Bonchev–Trinajstić information content (AvgIpc) is 3.37. The summed E-state index contributed by atoms with van der Waals surface area (Å²) in [4.78, 5) is 18.4. The van der Waals surface area contributed by atoms with Crippen LogP contribution in [-0.4, -0.2) is 58.9 Å². The minimum Gasteiger partial charge on any atom is -0.480 e. The zero-order valence-corrected chi connectivity index (χ0v) is 22.0. The molecule has 1 aromatic heterocycles. The van der Waals surface area contributed by atoms with E-state index >= 15 is 8.78 Å². The molecule has 5 rings (SSSR count). The normalized spacial score (nSPS) is 22.1. The third-order valence-corrected chi connectivity index (χ3v) is 7.98. The Balaban J connectivity index is 1.24. The first kappa shape index (κ1) is 27.9. The van der Waals surface area contributed by atoms with Crippen molar-refractivity contribution < 1.29 is 32.5 Å². The first-order chi connectivity index (χ1) is 18.8. The lowest BCUT2D eigenvalue weighted by Gasteiger charge is -2.36. The number of nitrogens with zero attached hydrogens (tertiary/aromatic N) is 2. The number of aromatic nitrogens is 1. The quantitative estimate of drug-likeness (QED) is 0.341. The number of alkyl halides is 2. The van der Waals surface area contributed by atoms with Gasteiger partial charge in [0.05, 0.1) is 19.3 Å². The molecule has 4 heterocycles. The number of carboxylic acid groups (broad SMARTS) is 1. The summed E-state index contributed by atoms with van der Waals surface area (Å²) in [5, 5.41) is 13.5. The van der Waals surface area contributed by atoms with Crippen LogP contribution in [0.15, 0.2) is 30.3 Å². The molecule has 0 aliphatic carbocycles. The SMILES string of the molecule is O=C(O)C(c1cc(F)ccc1COC1CCO1)N1CCC[C@@H]1C(F)(F)CCCCc1ccc2c(n1)NCCC2. The zero-order valence-electron chi connectivity index (χ0n) is 22.0. The van der Waals surface area contributed by atoms with E-state index < -0.39 is 29.8 Å². The van der Waals surface area contributed by atoms with Gasteiger partial charge in [-0.3, -0.25) is 9.69 Å². The second kappa shape index (κ2) is 12.2. The Morgan fingerprint density at radius 3 is 2.85 bits per heavy atom. The summed E-state index contributed by atoms with van der Waals surface area (Å²) in [7, 11) is 0. The minimum atomic E-state index is -3.08. The summed E-state index contributed by atoms with van der Waals surface area (Å²) < 4.78 is 56.3. The molecule has 3 aliphatic rings. The maximum atomic E-state index is 15.6. The average molecular weight is 548 g/mol. The highest BCUT2D eigenvalue weighted by atomic mass is 19.3. The van der Waals surface area contributed by atoms with E-state index in [1.165, 1.54) is 22.6 Å². The number of fused-ring (bicyclic) bond motifs is 1. The van der Waals surface area contributed by atoms with Crippen molar-refractivity contribution in [1.29, 1.82) is 0 Å². The predicted molar refractivity (Wildman–Crippen MR) is 139 cm³/mol. The van der Waals surface area contributed by atoms with Gasteiger partial charge >= 0.3 is 5.97 Å². The maximum absolute atomic E-state index is 15.6. The monoisotopic (exact) mass is 547 g/mol. The van der Waals surface area contributed by atoms with Gasteiger partial charge in [-0.1, -0.05) is 12.1 Å². The lowest BCUT2D eigenvalue weighted by Crippen LogP contribution is -2.47. The highest BCUT2D eigenvalue weighted by Gasteiger charge is 2.49. The lowest BCUT2D eigenvalue weighted by atomic mass is 9.95. The van der Waals surface area contributed by atoms with Crippen LogP contribution in [0.2, 0.25) is 0 Å². The fourth-order valence-corrected chi connectivity index (χ4v) is 5.83. The van der Waals surface area contributed by atoms with Gasteiger partial charge in [-0.15, -0.1) is 0 Å². The highest BCUT2D eigenvalue weighted by molar-refractivity contribution is 5.76. The minimum absolute atomic E-state index is 0.0191. The lowest BCUT2D eigenvalue weighted by molar-refractivity contribution is -0.220. The molecule has 7 nitrogen and oxygen atoms in total. The van der Waals surface area contributed by atoms with Crippen LogP contribution in [0.3, 0.4) is 0 Å². The number of benzene rings is 1. The zero-order chi connectivity index (χ0) is 27.4. The van der Waals surface area contributed by atoms with Gasteiger partial charge < -0.3 is 19.9 Å². The Bertz CT molecular complexity index is 1160. The van der Waals surface area contributed by atoms with E-state index in [-0.39, 0.29) is 37.8 Å². The van der Waals surface area contributed by atoms with Gasteiger partial charge in [-0.25, -0.2) is 18.2 Å². The molecule has 0 saturated carbocycles. The summed E-state index contributed by atoms with van der Waals surface area (Å²) in [5.74, 6) is -4.09. The van der Waals surface area contributed by atoms with Gasteiger partial charge in [0.15, 0.2) is 6.29 Å². The number of carboxylic acids is 1. The number of hydrogen-bond donors (Lipinski definition) is 2. The molecule has 2 unspecified atom stereocenters. The molecule has 3 aliphatic heterocycles. The largest absolute Gasteiger partial charge is 0.480 e. The Labute approximate surface area is 226 Å². The number of aliphatic carboxylic acids is 1. The number of pyridine rings is 1. The molecule has 0 spiro atoms. The molecular weight excluding hydrogens is 511 g/mol. The summed E-state index contributed by atoms with van der Waals surface area (Å²) >= 11 is 0. The van der Waals surface area contributed by atoms with Crippen molar-refractivity contribution in [2.24, 2.45) is 0 Å². The van der Waals surface area contributed by atoms with Crippen molar-refractivity contribution in [3.63, 3.8) is 0 Å². The third kappa shape index (κ3) is 6.56. The van der Waals surface area contributed by atoms with Crippen LogP contribution >= 0.6 is 0 Å². The van der Waals surface area contributed by atoms with Crippen molar-refractivity contribution in [3.05, 3.63) is 58.5 Å². The number of anilines is 1. The van der Waals surface area contributed by atoms with E-state index in [9.17, 15) is 14.3 Å². The Morgan fingerprint density at radius 2 is 2.08 bits per heavy atom. The van der Waals surface area contributed by atoms with Crippen molar-refractivity contribution in [3.8, 4) is 0 Å². The van der Waals surface area contributed by atoms with Gasteiger partial charge in [0.25, 0.3) is 5.92 Å². The van der Waals surface area contributed by atoms with Crippen molar-refractivity contribution in [1.82, 2.24) is 9.88 Å². The van der Waals surface area contributed by atoms with E-state index in [0.717, 1.165) is 43.4 Å². The molecule has 212 valence electrons. The smallest absolute Gasteiger partial charge is 0.325 e. The Morgan fingerprint density at radius 1 is 1.23 bits per heavy atom. The molecule has 0 amide bonds. The fourth-order valence-electron chi connectivity index (χ4n) is 5.83. The Kier molecular flexibility index (Phi) is 8.73. The van der Waals surface area contributed by atoms with Crippen LogP contribution in [0.1, 0.15) is 73.4 Å². The van der Waals surface area contributed by atoms with Crippen LogP contribution in [0.5, 0.6) is 0 Å². The number of rotatable bonds is 12. The van der Waals surface area contributed by atoms with Crippen molar-refractivity contribution in [2.75, 3.05) is 25.0 Å². The molecule has 2 N–H and O–H groups in total. The molecule has 10 heteroatoms. The number of likely N-dealkylation sites (tertiary alicyclic amines) is 1. The first-order valence-corrected chi connectivity index (χ1v) is 13.9. The van der Waals surface area contributed by atoms with Gasteiger partial charge in [0, 0.05) is 25.1 Å². The summed E-state index contributed by atoms with van der Waals surface area (Å²) in [6.45, 7) is 1.70. The number of ether oxygens (including phenoxy) is 2. The second-order valence-corrected chi connectivity index (χ2v) is 10.7. The molecule has 2 aromatic rings. The van der Waals surface area contributed by atoms with Crippen LogP contribution in [0.4, 0.5) is 19.0 Å². The standard InChI is InChI=1S/C29H36F3N3O4/c30-21-10-8-20(18-39-25-12-16-38-25)23(17-21)26(28(36)37)35-15-4-7-24(35)29(31,32)13-2-1-6-22-11-9-19-5-3-14-33-27(19)34-22/h8-11,17,24-26H,1-7,12-16,18H2,(H,33,34)(H,36,37)/t24-,25?,26?/m1/s1. The molecule has 1 aromatic carbocycles. The van der Waals surface area contributed by atoms with Crippen LogP contribution in [-0.2, 0) is 33.7 Å². The molecule has 0 radical (unpaired) electrons. The van der Waals surface area contributed by atoms with Gasteiger partial charge in [-0.2, -0.15) is 0 Å². The highest BCUT2D eigenvalue weighted by Crippen LogP contribution is 2.41. The number of unbranched alkanes of at least 4 members (excludes halogenated alkanes) is 1. The van der Waals surface area contributed by atoms with Gasteiger partial charge in [-0.05, 0) is 86.4 Å². The second-order valence-electron chi connectivity index (χ2n) is 10.7. The summed E-state index contributed by atoms with van der Waals surface area (Å²) in [5.41, 5.74) is 2.68. The fraction of sp³-hybridized carbons (Fsp3) is 0.586. The molecule has 2 fully saturated rings. The van der Waals surface area contributed by atoms with Crippen LogP contribution < -0.4 is 5.32 Å². The molecular formula is C29H36F3N3O4. The van der Waals surface area contributed by atoms with E-state index in [1.807, 2.05) is 6.07 Å². The maximum Gasteiger partial charge on any atom is 0.325 e. The number of hydrogen-bond acceptors (Lipinski definition) is 6. The van der Waals surface area contributed by atoms with E-state index in [0.29, 0.717) is 37.9 Å². The summed E-state index contributed by atoms with van der Waals surface area (Å²) in [6.07, 6.45) is 4.16. The van der Waals surface area contributed by atoms with E-state index in [4.69, 9.17) is 9.47 Å². The molecule has 3 atom stereocenters. The first-order valence-electron chi connectivity index (χ1n) is 13.9. The molecule has 39 heavy (non-hydrogen) atoms. The van der Waals surface area contributed by atoms with Crippen LogP contribution in [0.25, 0.3) is 0 Å². The Hall–Kier alpha value is -2.69. The summed E-state index contributed by atoms with van der Waals surface area (Å²) in [6, 6.07) is 5.22. The van der Waals surface area contributed by atoms with Gasteiger partial charge in [0.1, 0.15) is 17.7 Å². The van der Waals surface area contributed by atoms with Crippen molar-refractivity contribution in [2.45, 2.75) is 88.7 Å². The van der Waals surface area contributed by atoms with Crippen molar-refractivity contribution >= 4 is 11.8 Å². The molecule has 2 saturated heterocycles. The van der Waals surface area contributed by atoms with E-state index in [2.05, 4.69) is 16.4 Å². The number of aryl methyl sites for hydroxylation is 2. The molecule has 0 bridgehead atoms. The number of halogens is 3.